The zero-order chi connectivity index (χ0) is 39.6. The molecule has 0 bridgehead atoms. The van der Waals surface area contributed by atoms with Gasteiger partial charge in [0.25, 0.3) is 11.8 Å². The van der Waals surface area contributed by atoms with Crippen LogP contribution >= 0.6 is 48.0 Å². The summed E-state index contributed by atoms with van der Waals surface area (Å²) >= 11 is 13.2. The van der Waals surface area contributed by atoms with Gasteiger partial charge in [-0.1, -0.05) is 84.4 Å². The van der Waals surface area contributed by atoms with E-state index < -0.39 is 0 Å². The van der Waals surface area contributed by atoms with Crippen LogP contribution in [0.15, 0.2) is 107 Å². The molecule has 2 saturated heterocycles. The lowest BCUT2D eigenvalue weighted by molar-refractivity contribution is -0.124. The van der Waals surface area contributed by atoms with Crippen molar-refractivity contribution in [2.45, 2.75) is 12.8 Å². The second-order valence-electron chi connectivity index (χ2n) is 12.1. The molecule has 4 aromatic rings. The quantitative estimate of drug-likeness (QED) is 0.0421. The van der Waals surface area contributed by atoms with Gasteiger partial charge in [0.1, 0.15) is 44.9 Å². The number of hydrogen-bond acceptors (Lipinski definition) is 12. The molecule has 0 radical (unpaired) electrons. The van der Waals surface area contributed by atoms with Gasteiger partial charge in [-0.2, -0.15) is 0 Å². The molecule has 12 nitrogen and oxygen atoms in total. The number of amides is 4. The van der Waals surface area contributed by atoms with Gasteiger partial charge >= 0.3 is 0 Å². The van der Waals surface area contributed by atoms with Crippen molar-refractivity contribution >= 4 is 104 Å². The van der Waals surface area contributed by atoms with Gasteiger partial charge in [-0.05, 0) is 72.8 Å². The molecular formula is C40H34N4O8S4. The number of ether oxygens (including phenoxy) is 2. The molecule has 2 fully saturated rings. The first-order valence-corrected chi connectivity index (χ1v) is 19.6. The SMILES string of the molecule is O=C(CCN1C(=O)/C(=C/c2ccccc2OCCOc2ccccc2/C=C2\SC(=S)N(CCC(=O)Nc3ccc(O)cc3)C2=O)SC1=S)Nc1ccc(O)cc1. The molecule has 6 rings (SSSR count). The van der Waals surface area contributed by atoms with Crippen LogP contribution < -0.4 is 20.1 Å². The summed E-state index contributed by atoms with van der Waals surface area (Å²) < 4.78 is 12.8. The van der Waals surface area contributed by atoms with E-state index in [1.165, 1.54) is 34.1 Å². The Morgan fingerprint density at radius 1 is 0.607 bits per heavy atom. The Bertz CT molecular complexity index is 2070. The summed E-state index contributed by atoms with van der Waals surface area (Å²) in [6.07, 6.45) is 3.48. The summed E-state index contributed by atoms with van der Waals surface area (Å²) in [5.41, 5.74) is 2.39. The highest BCUT2D eigenvalue weighted by Crippen LogP contribution is 2.36. The first-order chi connectivity index (χ1) is 27.0. The molecule has 0 aliphatic carbocycles. The topological polar surface area (TPSA) is 158 Å². The first kappa shape index (κ1) is 40.0. The number of nitrogens with one attached hydrogen (secondary N) is 2. The molecule has 4 aromatic carbocycles. The number of thioether (sulfide) groups is 2. The minimum Gasteiger partial charge on any atom is -0.508 e. The van der Waals surface area contributed by atoms with Gasteiger partial charge < -0.3 is 30.3 Å². The molecule has 56 heavy (non-hydrogen) atoms. The number of thiocarbonyl (C=S) groups is 2. The fraction of sp³-hybridized carbons (Fsp3) is 0.150. The Balaban J connectivity index is 1.00. The number of nitrogens with zero attached hydrogens (tertiary/aromatic N) is 2. The van der Waals surface area contributed by atoms with E-state index in [2.05, 4.69) is 10.6 Å². The third-order valence-corrected chi connectivity index (χ3v) is 10.9. The molecule has 4 N–H and O–H groups in total. The summed E-state index contributed by atoms with van der Waals surface area (Å²) in [6, 6.07) is 26.7. The molecule has 2 aliphatic rings. The highest BCUT2D eigenvalue weighted by Gasteiger charge is 2.33. The van der Waals surface area contributed by atoms with Crippen LogP contribution in [0.2, 0.25) is 0 Å². The fourth-order valence-electron chi connectivity index (χ4n) is 5.40. The Morgan fingerprint density at radius 2 is 0.982 bits per heavy atom. The summed E-state index contributed by atoms with van der Waals surface area (Å²) in [5, 5.41) is 24.4. The van der Waals surface area contributed by atoms with Crippen LogP contribution in [0.1, 0.15) is 24.0 Å². The maximum atomic E-state index is 13.3. The number of carbonyl (C=O) groups excluding carboxylic acids is 4. The van der Waals surface area contributed by atoms with Crippen molar-refractivity contribution < 1.29 is 38.9 Å². The lowest BCUT2D eigenvalue weighted by Crippen LogP contribution is -2.31. The highest BCUT2D eigenvalue weighted by atomic mass is 32.2. The van der Waals surface area contributed by atoms with Gasteiger partial charge in [0, 0.05) is 48.4 Å². The fourth-order valence-corrected chi connectivity index (χ4v) is 8.00. The maximum Gasteiger partial charge on any atom is 0.266 e. The number of rotatable bonds is 15. The summed E-state index contributed by atoms with van der Waals surface area (Å²) in [7, 11) is 0. The predicted octanol–water partition coefficient (Wildman–Crippen LogP) is 7.02. The van der Waals surface area contributed by atoms with Crippen LogP contribution in [0.4, 0.5) is 11.4 Å². The average Bonchev–Trinajstić information content (AvgIpc) is 3.61. The molecule has 0 aromatic heterocycles. The van der Waals surface area contributed by atoms with Crippen LogP contribution in [-0.4, -0.2) is 78.6 Å². The van der Waals surface area contributed by atoms with Crippen LogP contribution in [0, 0.1) is 0 Å². The van der Waals surface area contributed by atoms with Crippen molar-refractivity contribution in [2.24, 2.45) is 0 Å². The van der Waals surface area contributed by atoms with E-state index in [1.807, 2.05) is 36.4 Å². The number of carbonyl (C=O) groups is 4. The normalized spacial score (nSPS) is 15.5. The highest BCUT2D eigenvalue weighted by molar-refractivity contribution is 8.27. The monoisotopic (exact) mass is 826 g/mol. The first-order valence-electron chi connectivity index (χ1n) is 17.2. The second kappa shape index (κ2) is 18.8. The van der Waals surface area contributed by atoms with Gasteiger partial charge in [0.15, 0.2) is 0 Å². The predicted molar refractivity (Wildman–Crippen MR) is 226 cm³/mol. The number of anilines is 2. The molecule has 0 unspecified atom stereocenters. The molecule has 0 atom stereocenters. The standard InChI is InChI=1S/C40H34N4O8S4/c45-29-13-9-27(10-14-29)41-35(47)17-19-43-37(49)33(55-39(43)53)23-25-5-1-3-7-31(25)51-21-22-52-32-8-4-2-6-26(32)24-34-38(50)44(40(54)56-34)20-18-36(48)42-28-11-15-30(46)16-12-28/h1-16,23-24,45-46H,17-22H2,(H,41,47)(H,42,48)/b33-23-,34-24-. The van der Waals surface area contributed by atoms with E-state index in [1.54, 1.807) is 48.6 Å². The molecule has 2 aliphatic heterocycles. The molecular weight excluding hydrogens is 793 g/mol. The van der Waals surface area contributed by atoms with Crippen molar-refractivity contribution in [2.75, 3.05) is 36.9 Å². The Hall–Kier alpha value is -5.68. The van der Waals surface area contributed by atoms with Gasteiger partial charge in [0.2, 0.25) is 11.8 Å². The van der Waals surface area contributed by atoms with E-state index in [4.69, 9.17) is 33.9 Å². The van der Waals surface area contributed by atoms with Crippen molar-refractivity contribution in [1.29, 1.82) is 0 Å². The minimum atomic E-state index is -0.305. The molecule has 0 saturated carbocycles. The maximum absolute atomic E-state index is 13.3. The molecule has 16 heteroatoms. The van der Waals surface area contributed by atoms with Gasteiger partial charge in [-0.3, -0.25) is 29.0 Å². The van der Waals surface area contributed by atoms with Gasteiger partial charge in [-0.15, -0.1) is 0 Å². The van der Waals surface area contributed by atoms with E-state index in [0.29, 0.717) is 52.5 Å². The Kier molecular flexibility index (Phi) is 13.4. The Morgan fingerprint density at radius 3 is 1.38 bits per heavy atom. The number of benzene rings is 4. The molecule has 286 valence electrons. The van der Waals surface area contributed by atoms with Crippen molar-refractivity contribution in [3.8, 4) is 23.0 Å². The molecule has 4 amide bonds. The number of hydrogen-bond donors (Lipinski definition) is 4. The number of phenolic OH excluding ortho intramolecular Hbond substituents is 2. The van der Waals surface area contributed by atoms with Gasteiger partial charge in [-0.25, -0.2) is 0 Å². The largest absolute Gasteiger partial charge is 0.508 e. The van der Waals surface area contributed by atoms with E-state index in [0.717, 1.165) is 23.5 Å². The van der Waals surface area contributed by atoms with Crippen LogP contribution in [-0.2, 0) is 19.2 Å². The van der Waals surface area contributed by atoms with Crippen molar-refractivity contribution in [3.05, 3.63) is 118 Å². The lowest BCUT2D eigenvalue weighted by Gasteiger charge is -2.14. The second-order valence-corrected chi connectivity index (χ2v) is 15.5. The Labute approximate surface area is 341 Å². The smallest absolute Gasteiger partial charge is 0.266 e. The third kappa shape index (κ3) is 10.5. The lowest BCUT2D eigenvalue weighted by atomic mass is 10.2. The zero-order valence-electron chi connectivity index (χ0n) is 29.5. The molecule has 0 spiro atoms. The third-order valence-electron chi connectivity index (χ3n) is 8.18. The summed E-state index contributed by atoms with van der Waals surface area (Å²) in [4.78, 5) is 55.1. The molecule has 2 heterocycles. The summed E-state index contributed by atoms with van der Waals surface area (Å²) in [6.45, 7) is 0.563. The van der Waals surface area contributed by atoms with Crippen molar-refractivity contribution in [1.82, 2.24) is 9.80 Å². The zero-order valence-corrected chi connectivity index (χ0v) is 32.8. The minimum absolute atomic E-state index is 0.0332. The number of aromatic hydroxyl groups is 2. The average molecular weight is 827 g/mol. The number of phenols is 2. The van der Waals surface area contributed by atoms with Gasteiger partial charge in [0.05, 0.1) is 9.81 Å². The summed E-state index contributed by atoms with van der Waals surface area (Å²) in [5.74, 6) is 0.0423. The van der Waals surface area contributed by atoms with Crippen LogP contribution in [0.3, 0.4) is 0 Å². The van der Waals surface area contributed by atoms with E-state index in [-0.39, 0.29) is 74.3 Å². The van der Waals surface area contributed by atoms with E-state index in [9.17, 15) is 29.4 Å². The van der Waals surface area contributed by atoms with Crippen LogP contribution in [0.25, 0.3) is 12.2 Å². The number of para-hydroxylation sites is 2. The van der Waals surface area contributed by atoms with Crippen molar-refractivity contribution in [3.63, 3.8) is 0 Å². The van der Waals surface area contributed by atoms with E-state index >= 15 is 0 Å². The van der Waals surface area contributed by atoms with Crippen LogP contribution in [0.5, 0.6) is 23.0 Å².